The molecular weight excluding hydrogens is 302 g/mol. The maximum Gasteiger partial charge on any atom is 0.221 e. The molecule has 0 aliphatic rings. The van der Waals surface area contributed by atoms with Gasteiger partial charge in [0.25, 0.3) is 0 Å². The molecule has 4 nitrogen and oxygen atoms in total. The smallest absolute Gasteiger partial charge is 0.221 e. The number of benzene rings is 2. The van der Waals surface area contributed by atoms with E-state index in [-0.39, 0.29) is 6.61 Å². The number of rotatable bonds is 6. The SMILES string of the molecule is COc1ncccc1-c1ccc(OCc2ccccc2)cc1CO. The second kappa shape index (κ2) is 7.62. The van der Waals surface area contributed by atoms with E-state index in [2.05, 4.69) is 4.98 Å². The van der Waals surface area contributed by atoms with Crippen molar-refractivity contribution >= 4 is 0 Å². The quantitative estimate of drug-likeness (QED) is 0.750. The summed E-state index contributed by atoms with van der Waals surface area (Å²) >= 11 is 0. The number of pyridine rings is 1. The Kier molecular flexibility index (Phi) is 5.08. The van der Waals surface area contributed by atoms with E-state index in [1.807, 2.05) is 60.7 Å². The first-order valence-electron chi connectivity index (χ1n) is 7.71. The maximum atomic E-state index is 9.74. The molecule has 0 atom stereocenters. The Labute approximate surface area is 141 Å². The number of aliphatic hydroxyl groups is 1. The van der Waals surface area contributed by atoms with Crippen molar-refractivity contribution in [3.63, 3.8) is 0 Å². The van der Waals surface area contributed by atoms with E-state index in [9.17, 15) is 5.11 Å². The molecule has 0 spiro atoms. The van der Waals surface area contributed by atoms with Crippen molar-refractivity contribution in [3.05, 3.63) is 78.0 Å². The minimum absolute atomic E-state index is 0.0874. The van der Waals surface area contributed by atoms with Crippen LogP contribution in [0, 0.1) is 0 Å². The Balaban J connectivity index is 1.85. The number of hydrogen-bond acceptors (Lipinski definition) is 4. The number of ether oxygens (including phenoxy) is 2. The van der Waals surface area contributed by atoms with E-state index in [1.165, 1.54) is 0 Å². The van der Waals surface area contributed by atoms with Crippen LogP contribution >= 0.6 is 0 Å². The van der Waals surface area contributed by atoms with Crippen molar-refractivity contribution in [2.45, 2.75) is 13.2 Å². The van der Waals surface area contributed by atoms with Gasteiger partial charge in [-0.3, -0.25) is 0 Å². The normalized spacial score (nSPS) is 10.4. The zero-order valence-electron chi connectivity index (χ0n) is 13.5. The van der Waals surface area contributed by atoms with E-state index in [1.54, 1.807) is 13.3 Å². The van der Waals surface area contributed by atoms with Gasteiger partial charge in [0.1, 0.15) is 12.4 Å². The van der Waals surface area contributed by atoms with Crippen LogP contribution in [0.15, 0.2) is 66.9 Å². The monoisotopic (exact) mass is 321 g/mol. The fraction of sp³-hybridized carbons (Fsp3) is 0.150. The van der Waals surface area contributed by atoms with Crippen molar-refractivity contribution in [3.8, 4) is 22.8 Å². The Morgan fingerprint density at radius 1 is 0.958 bits per heavy atom. The standard InChI is InChI=1S/C20H19NO3/c1-23-20-19(8-5-11-21-20)18-10-9-17(12-16(18)13-22)24-14-15-6-3-2-4-7-15/h2-12,22H,13-14H2,1H3. The van der Waals surface area contributed by atoms with Gasteiger partial charge in [-0.2, -0.15) is 0 Å². The summed E-state index contributed by atoms with van der Waals surface area (Å²) < 4.78 is 11.1. The third-order valence-electron chi connectivity index (χ3n) is 3.75. The lowest BCUT2D eigenvalue weighted by atomic mass is 10.0. The maximum absolute atomic E-state index is 9.74. The van der Waals surface area contributed by atoms with E-state index in [0.29, 0.717) is 12.5 Å². The lowest BCUT2D eigenvalue weighted by molar-refractivity contribution is 0.278. The summed E-state index contributed by atoms with van der Waals surface area (Å²) in [4.78, 5) is 4.21. The summed E-state index contributed by atoms with van der Waals surface area (Å²) in [6.07, 6.45) is 1.68. The average molecular weight is 321 g/mol. The van der Waals surface area contributed by atoms with Gasteiger partial charge in [-0.1, -0.05) is 36.4 Å². The van der Waals surface area contributed by atoms with Crippen LogP contribution in [0.25, 0.3) is 11.1 Å². The topological polar surface area (TPSA) is 51.6 Å². The number of methoxy groups -OCH3 is 1. The summed E-state index contributed by atoms with van der Waals surface area (Å²) in [5.74, 6) is 1.25. The van der Waals surface area contributed by atoms with Gasteiger partial charge in [0.15, 0.2) is 0 Å². The van der Waals surface area contributed by atoms with Crippen LogP contribution in [-0.2, 0) is 13.2 Å². The number of hydrogen-bond donors (Lipinski definition) is 1. The second-order valence-electron chi connectivity index (χ2n) is 5.31. The predicted octanol–water partition coefficient (Wildman–Crippen LogP) is 3.83. The number of nitrogens with zero attached hydrogens (tertiary/aromatic N) is 1. The van der Waals surface area contributed by atoms with Crippen molar-refractivity contribution in [2.75, 3.05) is 7.11 Å². The van der Waals surface area contributed by atoms with Gasteiger partial charge < -0.3 is 14.6 Å². The van der Waals surface area contributed by atoms with Crippen molar-refractivity contribution < 1.29 is 14.6 Å². The Hall–Kier alpha value is -2.85. The summed E-state index contributed by atoms with van der Waals surface area (Å²) in [6, 6.07) is 19.4. The van der Waals surface area contributed by atoms with Crippen molar-refractivity contribution in [2.24, 2.45) is 0 Å². The summed E-state index contributed by atoms with van der Waals surface area (Å²) in [7, 11) is 1.59. The molecular formula is C20H19NO3. The van der Waals surface area contributed by atoms with Crippen LogP contribution in [0.5, 0.6) is 11.6 Å². The molecule has 0 fully saturated rings. The zero-order valence-corrected chi connectivity index (χ0v) is 13.5. The fourth-order valence-corrected chi connectivity index (χ4v) is 2.55. The van der Waals surface area contributed by atoms with Gasteiger partial charge in [-0.05, 0) is 41.0 Å². The largest absolute Gasteiger partial charge is 0.489 e. The highest BCUT2D eigenvalue weighted by atomic mass is 16.5. The molecule has 4 heteroatoms. The number of aliphatic hydroxyl groups excluding tert-OH is 1. The van der Waals surface area contributed by atoms with Gasteiger partial charge in [-0.25, -0.2) is 4.98 Å². The highest BCUT2D eigenvalue weighted by molar-refractivity contribution is 5.72. The first-order valence-corrected chi connectivity index (χ1v) is 7.71. The average Bonchev–Trinajstić information content (AvgIpc) is 2.67. The van der Waals surface area contributed by atoms with E-state index >= 15 is 0 Å². The van der Waals surface area contributed by atoms with Crippen LogP contribution in [0.2, 0.25) is 0 Å². The minimum Gasteiger partial charge on any atom is -0.489 e. The molecule has 0 amide bonds. The molecule has 0 saturated carbocycles. The van der Waals surface area contributed by atoms with Crippen LogP contribution in [0.1, 0.15) is 11.1 Å². The number of aromatic nitrogens is 1. The molecule has 1 heterocycles. The lowest BCUT2D eigenvalue weighted by Gasteiger charge is -2.13. The molecule has 1 N–H and O–H groups in total. The first-order chi connectivity index (χ1) is 11.8. The summed E-state index contributed by atoms with van der Waals surface area (Å²) in [6.45, 7) is 0.400. The van der Waals surface area contributed by atoms with Crippen LogP contribution < -0.4 is 9.47 Å². The van der Waals surface area contributed by atoms with Gasteiger partial charge in [0.05, 0.1) is 13.7 Å². The van der Waals surface area contributed by atoms with Crippen molar-refractivity contribution in [1.82, 2.24) is 4.98 Å². The zero-order chi connectivity index (χ0) is 16.8. The highest BCUT2D eigenvalue weighted by Crippen LogP contribution is 2.32. The molecule has 3 rings (SSSR count). The van der Waals surface area contributed by atoms with Crippen LogP contribution in [-0.4, -0.2) is 17.2 Å². The minimum atomic E-state index is -0.0874. The molecule has 122 valence electrons. The first kappa shape index (κ1) is 16.0. The molecule has 0 unspecified atom stereocenters. The third-order valence-corrected chi connectivity index (χ3v) is 3.75. The molecule has 0 aliphatic carbocycles. The van der Waals surface area contributed by atoms with Crippen LogP contribution in [0.4, 0.5) is 0 Å². The third kappa shape index (κ3) is 3.55. The van der Waals surface area contributed by atoms with E-state index in [4.69, 9.17) is 9.47 Å². The summed E-state index contributed by atoms with van der Waals surface area (Å²) in [5.41, 5.74) is 3.60. The van der Waals surface area contributed by atoms with Gasteiger partial charge in [0.2, 0.25) is 5.88 Å². The Bertz CT molecular complexity index is 803. The lowest BCUT2D eigenvalue weighted by Crippen LogP contribution is -1.98. The van der Waals surface area contributed by atoms with Crippen LogP contribution in [0.3, 0.4) is 0 Å². The molecule has 1 aromatic heterocycles. The molecule has 0 aliphatic heterocycles. The Morgan fingerprint density at radius 2 is 1.79 bits per heavy atom. The van der Waals surface area contributed by atoms with Gasteiger partial charge in [-0.15, -0.1) is 0 Å². The molecule has 2 aromatic carbocycles. The van der Waals surface area contributed by atoms with Gasteiger partial charge >= 0.3 is 0 Å². The van der Waals surface area contributed by atoms with Gasteiger partial charge in [0, 0.05) is 11.8 Å². The predicted molar refractivity (Wildman–Crippen MR) is 92.9 cm³/mol. The summed E-state index contributed by atoms with van der Waals surface area (Å²) in [5, 5.41) is 9.74. The fourth-order valence-electron chi connectivity index (χ4n) is 2.55. The molecule has 0 bridgehead atoms. The second-order valence-corrected chi connectivity index (χ2v) is 5.31. The van der Waals surface area contributed by atoms with Crippen molar-refractivity contribution in [1.29, 1.82) is 0 Å². The van der Waals surface area contributed by atoms with E-state index in [0.717, 1.165) is 28.0 Å². The Morgan fingerprint density at radius 3 is 2.54 bits per heavy atom. The molecule has 3 aromatic rings. The van der Waals surface area contributed by atoms with E-state index < -0.39 is 0 Å². The highest BCUT2D eigenvalue weighted by Gasteiger charge is 2.12. The molecule has 0 saturated heterocycles. The molecule has 0 radical (unpaired) electrons. The molecule has 24 heavy (non-hydrogen) atoms.